The summed E-state index contributed by atoms with van der Waals surface area (Å²) in [6.07, 6.45) is 4.71. The quantitative estimate of drug-likeness (QED) is 0.727. The molecule has 1 aromatic carbocycles. The first-order valence-electron chi connectivity index (χ1n) is 7.77. The molecule has 0 spiro atoms. The smallest absolute Gasteiger partial charge is 0.356 e. The first-order chi connectivity index (χ1) is 12.0. The third-order valence-electron chi connectivity index (χ3n) is 3.61. The predicted octanol–water partition coefficient (Wildman–Crippen LogP) is 1.25. The van der Waals surface area contributed by atoms with Crippen molar-refractivity contribution in [2.75, 3.05) is 5.32 Å². The Balaban J connectivity index is 1.70. The number of hydrogen-bond acceptors (Lipinski definition) is 5. The van der Waals surface area contributed by atoms with Gasteiger partial charge in [-0.05, 0) is 30.5 Å². The third kappa shape index (κ3) is 4.37. The number of rotatable bonds is 6. The topological polar surface area (TPSA) is 121 Å². The molecule has 8 heteroatoms. The summed E-state index contributed by atoms with van der Waals surface area (Å²) in [6.45, 7) is 0. The highest BCUT2D eigenvalue weighted by Crippen LogP contribution is 2.19. The third-order valence-corrected chi connectivity index (χ3v) is 3.61. The minimum Gasteiger partial charge on any atom is -0.476 e. The lowest BCUT2D eigenvalue weighted by Gasteiger charge is -2.08. The molecule has 0 unspecified atom stereocenters. The van der Waals surface area contributed by atoms with Crippen LogP contribution in [-0.4, -0.2) is 38.9 Å². The van der Waals surface area contributed by atoms with Crippen LogP contribution in [0.15, 0.2) is 36.7 Å². The minimum atomic E-state index is -1.33. The van der Waals surface area contributed by atoms with Gasteiger partial charge in [0.05, 0.1) is 6.42 Å². The number of carbonyl (C=O) groups excluding carboxylic acids is 2. The summed E-state index contributed by atoms with van der Waals surface area (Å²) in [5, 5.41) is 14.6. The van der Waals surface area contributed by atoms with Crippen molar-refractivity contribution in [1.29, 1.82) is 0 Å². The van der Waals surface area contributed by atoms with Crippen LogP contribution < -0.4 is 10.6 Å². The van der Waals surface area contributed by atoms with Crippen molar-refractivity contribution in [3.8, 4) is 0 Å². The number of nitrogens with zero attached hydrogens (tertiary/aromatic N) is 2. The van der Waals surface area contributed by atoms with Gasteiger partial charge in [-0.15, -0.1) is 0 Å². The average molecular weight is 340 g/mol. The second-order valence-corrected chi connectivity index (χ2v) is 5.73. The Morgan fingerprint density at radius 1 is 1.12 bits per heavy atom. The maximum atomic E-state index is 12.3. The molecule has 1 fully saturated rings. The highest BCUT2D eigenvalue weighted by molar-refractivity contribution is 6.08. The Morgan fingerprint density at radius 3 is 2.52 bits per heavy atom. The van der Waals surface area contributed by atoms with Gasteiger partial charge in [-0.2, -0.15) is 0 Å². The molecule has 0 atom stereocenters. The van der Waals surface area contributed by atoms with Crippen LogP contribution in [0.3, 0.4) is 0 Å². The summed E-state index contributed by atoms with van der Waals surface area (Å²) in [4.78, 5) is 42.7. The molecule has 25 heavy (non-hydrogen) atoms. The molecule has 1 aliphatic rings. The molecule has 128 valence electrons. The van der Waals surface area contributed by atoms with Crippen LogP contribution in [-0.2, 0) is 11.2 Å². The predicted molar refractivity (Wildman–Crippen MR) is 88.3 cm³/mol. The van der Waals surface area contributed by atoms with Crippen molar-refractivity contribution in [3.05, 3.63) is 53.6 Å². The molecular weight excluding hydrogens is 324 g/mol. The van der Waals surface area contributed by atoms with E-state index in [1.54, 1.807) is 24.3 Å². The van der Waals surface area contributed by atoms with E-state index < -0.39 is 17.6 Å². The van der Waals surface area contributed by atoms with Crippen LogP contribution in [0.5, 0.6) is 0 Å². The molecule has 1 saturated carbocycles. The average Bonchev–Trinajstić information content (AvgIpc) is 3.38. The van der Waals surface area contributed by atoms with Crippen molar-refractivity contribution in [3.63, 3.8) is 0 Å². The fraction of sp³-hybridized carbons (Fsp3) is 0.235. The van der Waals surface area contributed by atoms with Gasteiger partial charge in [0, 0.05) is 24.1 Å². The van der Waals surface area contributed by atoms with E-state index in [9.17, 15) is 14.4 Å². The van der Waals surface area contributed by atoms with E-state index in [0.717, 1.165) is 18.4 Å². The largest absolute Gasteiger partial charge is 0.476 e. The monoisotopic (exact) mass is 340 g/mol. The van der Waals surface area contributed by atoms with E-state index in [-0.39, 0.29) is 18.0 Å². The maximum absolute atomic E-state index is 12.3. The summed E-state index contributed by atoms with van der Waals surface area (Å²) in [6, 6.07) is 7.11. The number of amides is 2. The number of anilines is 1. The Hall–Kier alpha value is -3.29. The summed E-state index contributed by atoms with van der Waals surface area (Å²) < 4.78 is 0. The van der Waals surface area contributed by atoms with Crippen LogP contribution in [0, 0.1) is 0 Å². The first-order valence-corrected chi connectivity index (χ1v) is 7.77. The second kappa shape index (κ2) is 7.08. The van der Waals surface area contributed by atoms with Crippen molar-refractivity contribution >= 4 is 23.5 Å². The van der Waals surface area contributed by atoms with Gasteiger partial charge in [-0.3, -0.25) is 9.59 Å². The Kier molecular flexibility index (Phi) is 4.69. The molecule has 0 bridgehead atoms. The summed E-state index contributed by atoms with van der Waals surface area (Å²) in [5.41, 5.74) is 0.504. The zero-order valence-electron chi connectivity index (χ0n) is 13.2. The van der Waals surface area contributed by atoms with Gasteiger partial charge >= 0.3 is 5.97 Å². The van der Waals surface area contributed by atoms with Crippen LogP contribution in [0.1, 0.15) is 39.4 Å². The molecule has 1 aromatic heterocycles. The van der Waals surface area contributed by atoms with Crippen molar-refractivity contribution in [2.24, 2.45) is 0 Å². The number of carboxylic acids is 1. The number of hydrogen-bond donors (Lipinski definition) is 3. The minimum absolute atomic E-state index is 0.0620. The summed E-state index contributed by atoms with van der Waals surface area (Å²) >= 11 is 0. The normalized spacial score (nSPS) is 13.1. The molecule has 0 saturated heterocycles. The van der Waals surface area contributed by atoms with Crippen molar-refractivity contribution < 1.29 is 19.5 Å². The number of carboxylic acid groups (broad SMARTS) is 1. The van der Waals surface area contributed by atoms with E-state index in [4.69, 9.17) is 5.11 Å². The molecule has 3 N–H and O–H groups in total. The lowest BCUT2D eigenvalue weighted by molar-refractivity contribution is -0.120. The number of aromatic nitrogens is 2. The van der Waals surface area contributed by atoms with E-state index in [2.05, 4.69) is 20.6 Å². The Labute approximate surface area is 143 Å². The standard InChI is InChI=1S/C17H16N4O4/c22-13(20-11-4-5-11)9-10-2-1-3-12(8-10)21-16(23)14-15(17(24)25)19-7-6-18-14/h1-3,6-8,11H,4-5,9H2,(H,20,22)(H,21,23)(H,24,25). The van der Waals surface area contributed by atoms with Crippen LogP contribution >= 0.6 is 0 Å². The van der Waals surface area contributed by atoms with Crippen molar-refractivity contribution in [1.82, 2.24) is 15.3 Å². The SMILES string of the molecule is O=C(Cc1cccc(NC(=O)c2nccnc2C(=O)O)c1)NC1CC1. The molecule has 0 aliphatic heterocycles. The number of benzene rings is 1. The van der Waals surface area contributed by atoms with Gasteiger partial charge in [0.25, 0.3) is 5.91 Å². The second-order valence-electron chi connectivity index (χ2n) is 5.73. The Morgan fingerprint density at radius 2 is 1.84 bits per heavy atom. The molecule has 2 aromatic rings. The van der Waals surface area contributed by atoms with E-state index in [1.807, 2.05) is 0 Å². The Bertz CT molecular complexity index is 833. The first kappa shape index (κ1) is 16.6. The van der Waals surface area contributed by atoms with Crippen LogP contribution in [0.25, 0.3) is 0 Å². The van der Waals surface area contributed by atoms with Gasteiger partial charge in [-0.25, -0.2) is 14.8 Å². The molecule has 8 nitrogen and oxygen atoms in total. The van der Waals surface area contributed by atoms with Gasteiger partial charge in [0.2, 0.25) is 5.91 Å². The maximum Gasteiger partial charge on any atom is 0.356 e. The fourth-order valence-corrected chi connectivity index (χ4v) is 2.30. The lowest BCUT2D eigenvalue weighted by Crippen LogP contribution is -2.27. The molecule has 2 amide bonds. The lowest BCUT2D eigenvalue weighted by atomic mass is 10.1. The zero-order chi connectivity index (χ0) is 17.8. The van der Waals surface area contributed by atoms with E-state index >= 15 is 0 Å². The van der Waals surface area contributed by atoms with Crippen LogP contribution in [0.4, 0.5) is 5.69 Å². The molecule has 1 aliphatic carbocycles. The van der Waals surface area contributed by atoms with Crippen LogP contribution in [0.2, 0.25) is 0 Å². The van der Waals surface area contributed by atoms with E-state index in [0.29, 0.717) is 11.7 Å². The van der Waals surface area contributed by atoms with Gasteiger partial charge in [0.15, 0.2) is 11.4 Å². The fourth-order valence-electron chi connectivity index (χ4n) is 2.30. The molecule has 1 heterocycles. The van der Waals surface area contributed by atoms with Crippen molar-refractivity contribution in [2.45, 2.75) is 25.3 Å². The number of nitrogens with one attached hydrogen (secondary N) is 2. The van der Waals surface area contributed by atoms with E-state index in [1.165, 1.54) is 12.4 Å². The zero-order valence-corrected chi connectivity index (χ0v) is 13.2. The highest BCUT2D eigenvalue weighted by Gasteiger charge is 2.23. The van der Waals surface area contributed by atoms with Gasteiger partial charge in [0.1, 0.15) is 0 Å². The van der Waals surface area contributed by atoms with Gasteiger partial charge in [-0.1, -0.05) is 12.1 Å². The molecular formula is C17H16N4O4. The molecule has 3 rings (SSSR count). The summed E-state index contributed by atoms with van der Waals surface area (Å²) in [5.74, 6) is -2.07. The summed E-state index contributed by atoms with van der Waals surface area (Å²) in [7, 11) is 0. The molecule has 0 radical (unpaired) electrons. The highest BCUT2D eigenvalue weighted by atomic mass is 16.4. The number of aromatic carboxylic acids is 1. The number of carbonyl (C=O) groups is 3. The van der Waals surface area contributed by atoms with Gasteiger partial charge < -0.3 is 15.7 Å².